The van der Waals surface area contributed by atoms with E-state index in [2.05, 4.69) is 10.0 Å². The van der Waals surface area contributed by atoms with Gasteiger partial charge in [-0.25, -0.2) is 0 Å². The monoisotopic (exact) mass is 331 g/mol. The molecule has 1 aliphatic heterocycles. The summed E-state index contributed by atoms with van der Waals surface area (Å²) in [5.41, 5.74) is 1.28. The molecule has 1 atom stereocenters. The van der Waals surface area contributed by atoms with Crippen molar-refractivity contribution >= 4 is 27.5 Å². The van der Waals surface area contributed by atoms with Gasteiger partial charge in [0, 0.05) is 18.1 Å². The van der Waals surface area contributed by atoms with Gasteiger partial charge in [-0.05, 0) is 57.0 Å². The number of piperidine rings is 1. The summed E-state index contributed by atoms with van der Waals surface area (Å²) in [6, 6.07) is 5.22. The van der Waals surface area contributed by atoms with Crippen LogP contribution in [0.1, 0.15) is 18.4 Å². The summed E-state index contributed by atoms with van der Waals surface area (Å²) in [6.07, 6.45) is 1.95. The topological polar surface area (TPSA) is 61.4 Å². The summed E-state index contributed by atoms with van der Waals surface area (Å²) in [4.78, 5) is 0. The van der Waals surface area contributed by atoms with Crippen molar-refractivity contribution in [3.63, 3.8) is 0 Å². The molecule has 1 aromatic rings. The van der Waals surface area contributed by atoms with E-state index in [1.54, 1.807) is 25.1 Å². The Balaban J connectivity index is 2.12. The van der Waals surface area contributed by atoms with Crippen molar-refractivity contribution in [2.24, 2.45) is 5.92 Å². The van der Waals surface area contributed by atoms with Crippen LogP contribution in [0, 0.1) is 12.8 Å². The first-order valence-corrected chi connectivity index (χ1v) is 8.93. The zero-order chi connectivity index (χ0) is 15.5. The Kier molecular flexibility index (Phi) is 5.48. The predicted octanol–water partition coefficient (Wildman–Crippen LogP) is 2.24. The minimum Gasteiger partial charge on any atom is -0.319 e. The Morgan fingerprint density at radius 3 is 2.90 bits per heavy atom. The first kappa shape index (κ1) is 16.5. The summed E-state index contributed by atoms with van der Waals surface area (Å²) in [5.74, 6) is 0.362. The molecule has 1 heterocycles. The molecule has 2 N–H and O–H groups in total. The van der Waals surface area contributed by atoms with Crippen molar-refractivity contribution in [3.8, 4) is 0 Å². The molecule has 21 heavy (non-hydrogen) atoms. The van der Waals surface area contributed by atoms with Crippen LogP contribution >= 0.6 is 11.6 Å². The highest BCUT2D eigenvalue weighted by molar-refractivity contribution is 7.90. The number of hydrogen-bond donors (Lipinski definition) is 2. The highest BCUT2D eigenvalue weighted by atomic mass is 35.5. The number of anilines is 1. The van der Waals surface area contributed by atoms with E-state index in [9.17, 15) is 8.42 Å². The average molecular weight is 332 g/mol. The molecular formula is C14H22ClN3O2S. The molecule has 5 nitrogen and oxygen atoms in total. The number of halogens is 1. The van der Waals surface area contributed by atoms with E-state index in [1.165, 1.54) is 4.31 Å². The van der Waals surface area contributed by atoms with E-state index < -0.39 is 10.2 Å². The first-order chi connectivity index (χ1) is 9.94. The average Bonchev–Trinajstić information content (AvgIpc) is 2.44. The Morgan fingerprint density at radius 1 is 1.43 bits per heavy atom. The number of nitrogens with one attached hydrogen (secondary N) is 2. The largest absolute Gasteiger partial charge is 0.319 e. The molecular weight excluding hydrogens is 310 g/mol. The summed E-state index contributed by atoms with van der Waals surface area (Å²) in [7, 11) is -1.64. The second-order valence-corrected chi connectivity index (χ2v) is 7.52. The third-order valence-corrected chi connectivity index (χ3v) is 5.72. The number of nitrogens with zero attached hydrogens (tertiary/aromatic N) is 1. The molecule has 1 saturated heterocycles. The third-order valence-electron chi connectivity index (χ3n) is 3.82. The van der Waals surface area contributed by atoms with Crippen LogP contribution in [0.3, 0.4) is 0 Å². The van der Waals surface area contributed by atoms with Crippen LogP contribution in [-0.2, 0) is 10.2 Å². The Hall–Kier alpha value is -0.820. The molecule has 2 rings (SSSR count). The molecule has 0 aliphatic carbocycles. The maximum Gasteiger partial charge on any atom is 0.301 e. The fraction of sp³-hybridized carbons (Fsp3) is 0.571. The van der Waals surface area contributed by atoms with Crippen LogP contribution in [0.15, 0.2) is 18.2 Å². The lowest BCUT2D eigenvalue weighted by molar-refractivity contribution is 0.264. The second-order valence-electron chi connectivity index (χ2n) is 5.44. The molecule has 1 aromatic carbocycles. The quantitative estimate of drug-likeness (QED) is 0.869. The van der Waals surface area contributed by atoms with E-state index in [-0.39, 0.29) is 0 Å². The molecule has 7 heteroatoms. The highest BCUT2D eigenvalue weighted by Crippen LogP contribution is 2.26. The van der Waals surface area contributed by atoms with Crippen LogP contribution < -0.4 is 10.0 Å². The highest BCUT2D eigenvalue weighted by Gasteiger charge is 2.28. The lowest BCUT2D eigenvalue weighted by atomic mass is 10.00. The molecule has 118 valence electrons. The van der Waals surface area contributed by atoms with Crippen molar-refractivity contribution in [3.05, 3.63) is 28.8 Å². The van der Waals surface area contributed by atoms with Crippen LogP contribution in [-0.4, -0.2) is 39.4 Å². The minimum atomic E-state index is -3.53. The van der Waals surface area contributed by atoms with Crippen molar-refractivity contribution < 1.29 is 8.42 Å². The molecule has 0 saturated carbocycles. The van der Waals surface area contributed by atoms with Gasteiger partial charge in [-0.3, -0.25) is 4.72 Å². The normalized spacial score (nSPS) is 20.4. The molecule has 0 bridgehead atoms. The van der Waals surface area contributed by atoms with Gasteiger partial charge < -0.3 is 5.32 Å². The van der Waals surface area contributed by atoms with Gasteiger partial charge in [-0.15, -0.1) is 0 Å². The van der Waals surface area contributed by atoms with Gasteiger partial charge in [-0.2, -0.15) is 12.7 Å². The smallest absolute Gasteiger partial charge is 0.301 e. The molecule has 0 radical (unpaired) electrons. The van der Waals surface area contributed by atoms with Gasteiger partial charge in [0.05, 0.1) is 5.69 Å². The van der Waals surface area contributed by atoms with Crippen LogP contribution in [0.25, 0.3) is 0 Å². The van der Waals surface area contributed by atoms with Gasteiger partial charge in [0.25, 0.3) is 0 Å². The van der Waals surface area contributed by atoms with E-state index in [0.29, 0.717) is 29.7 Å². The van der Waals surface area contributed by atoms with Crippen LogP contribution in [0.5, 0.6) is 0 Å². The lowest BCUT2D eigenvalue weighted by Gasteiger charge is -2.32. The SMILES string of the molecule is CNCC1CCCN(S(=O)(=O)Nc2cccc(Cl)c2C)C1. The van der Waals surface area contributed by atoms with Crippen molar-refractivity contribution in [2.45, 2.75) is 19.8 Å². The fourth-order valence-corrected chi connectivity index (χ4v) is 4.20. The first-order valence-electron chi connectivity index (χ1n) is 7.11. The van der Waals surface area contributed by atoms with Gasteiger partial charge in [-0.1, -0.05) is 17.7 Å². The number of benzene rings is 1. The molecule has 0 aromatic heterocycles. The summed E-state index contributed by atoms with van der Waals surface area (Å²) < 4.78 is 29.2. The molecule has 1 fully saturated rings. The van der Waals surface area contributed by atoms with Crippen LogP contribution in [0.4, 0.5) is 5.69 Å². The molecule has 0 spiro atoms. The minimum absolute atomic E-state index is 0.362. The predicted molar refractivity (Wildman–Crippen MR) is 87.0 cm³/mol. The van der Waals surface area contributed by atoms with Gasteiger partial charge >= 0.3 is 10.2 Å². The summed E-state index contributed by atoms with van der Waals surface area (Å²) in [5, 5.41) is 3.67. The fourth-order valence-electron chi connectivity index (χ4n) is 2.62. The zero-order valence-electron chi connectivity index (χ0n) is 12.4. The number of hydrogen-bond acceptors (Lipinski definition) is 3. The Morgan fingerprint density at radius 2 is 2.19 bits per heavy atom. The Labute approximate surface area is 131 Å². The zero-order valence-corrected chi connectivity index (χ0v) is 14.0. The summed E-state index contributed by atoms with van der Waals surface area (Å²) in [6.45, 7) is 3.76. The van der Waals surface area contributed by atoms with E-state index in [1.807, 2.05) is 7.05 Å². The number of rotatable bonds is 5. The summed E-state index contributed by atoms with van der Waals surface area (Å²) >= 11 is 6.04. The van der Waals surface area contributed by atoms with Gasteiger partial charge in [0.15, 0.2) is 0 Å². The molecule has 0 amide bonds. The standard InChI is InChI=1S/C14H22ClN3O2S/c1-11-13(15)6-3-7-14(11)17-21(19,20)18-8-4-5-12(10-18)9-16-2/h3,6-7,12,16-17H,4-5,8-10H2,1-2H3. The van der Waals surface area contributed by atoms with E-state index in [0.717, 1.165) is 24.9 Å². The molecule has 1 aliphatic rings. The lowest BCUT2D eigenvalue weighted by Crippen LogP contribution is -2.44. The van der Waals surface area contributed by atoms with Gasteiger partial charge in [0.2, 0.25) is 0 Å². The van der Waals surface area contributed by atoms with E-state index >= 15 is 0 Å². The maximum atomic E-state index is 12.5. The second kappa shape index (κ2) is 6.96. The van der Waals surface area contributed by atoms with E-state index in [4.69, 9.17) is 11.6 Å². The van der Waals surface area contributed by atoms with Gasteiger partial charge in [0.1, 0.15) is 0 Å². The van der Waals surface area contributed by atoms with Crippen molar-refractivity contribution in [1.82, 2.24) is 9.62 Å². The maximum absolute atomic E-state index is 12.5. The van der Waals surface area contributed by atoms with Crippen LogP contribution in [0.2, 0.25) is 5.02 Å². The molecule has 1 unspecified atom stereocenters. The third kappa shape index (κ3) is 4.10. The van der Waals surface area contributed by atoms with Crippen molar-refractivity contribution in [2.75, 3.05) is 31.4 Å². The Bertz CT molecular complexity index is 590. The van der Waals surface area contributed by atoms with Crippen molar-refractivity contribution in [1.29, 1.82) is 0 Å².